The third-order valence-corrected chi connectivity index (χ3v) is 3.76. The molecule has 18 heavy (non-hydrogen) atoms. The van der Waals surface area contributed by atoms with Crippen molar-refractivity contribution in [1.29, 1.82) is 0 Å². The minimum Gasteiger partial charge on any atom is -0.378 e. The summed E-state index contributed by atoms with van der Waals surface area (Å²) in [7, 11) is 0. The second kappa shape index (κ2) is 6.25. The quantitative estimate of drug-likeness (QED) is 0.869. The molecule has 3 unspecified atom stereocenters. The van der Waals surface area contributed by atoms with Crippen LogP contribution in [0.2, 0.25) is 0 Å². The highest BCUT2D eigenvalue weighted by Crippen LogP contribution is 2.23. The van der Waals surface area contributed by atoms with E-state index in [0.717, 1.165) is 37.4 Å². The average molecular weight is 249 g/mol. The van der Waals surface area contributed by atoms with Gasteiger partial charge in [-0.3, -0.25) is 9.97 Å². The number of nitrogens with one attached hydrogen (secondary N) is 1. The van der Waals surface area contributed by atoms with Crippen LogP contribution < -0.4 is 5.32 Å². The Hall–Kier alpha value is -1.00. The van der Waals surface area contributed by atoms with Gasteiger partial charge < -0.3 is 10.1 Å². The van der Waals surface area contributed by atoms with Crippen LogP contribution in [-0.4, -0.2) is 29.2 Å². The molecule has 0 bridgehead atoms. The van der Waals surface area contributed by atoms with Crippen LogP contribution in [0, 0.1) is 12.8 Å². The Bertz CT molecular complexity index is 383. The highest BCUT2D eigenvalue weighted by Gasteiger charge is 2.26. The summed E-state index contributed by atoms with van der Waals surface area (Å²) in [6.45, 7) is 8.25. The van der Waals surface area contributed by atoms with E-state index in [1.165, 1.54) is 0 Å². The SMILES string of the molecule is CCC1OCCC1CNC(C)c1nccnc1C. The third kappa shape index (κ3) is 3.06. The molecule has 1 aliphatic rings. The molecular weight excluding hydrogens is 226 g/mol. The smallest absolute Gasteiger partial charge is 0.0782 e. The minimum atomic E-state index is 0.247. The number of ether oxygens (including phenoxy) is 1. The Morgan fingerprint density at radius 1 is 1.44 bits per heavy atom. The second-order valence-corrected chi connectivity index (χ2v) is 5.02. The highest BCUT2D eigenvalue weighted by atomic mass is 16.5. The first-order chi connectivity index (χ1) is 8.72. The molecule has 0 spiro atoms. The summed E-state index contributed by atoms with van der Waals surface area (Å²) in [5, 5.41) is 3.56. The van der Waals surface area contributed by atoms with Crippen molar-refractivity contribution < 1.29 is 4.74 Å². The standard InChI is InChI=1S/C14H23N3O/c1-4-13-12(5-8-18-13)9-17-11(3)14-10(2)15-6-7-16-14/h6-7,11-13,17H,4-5,8-9H2,1-3H3. The molecule has 0 aromatic carbocycles. The Labute approximate surface area is 109 Å². The highest BCUT2D eigenvalue weighted by molar-refractivity contribution is 5.12. The van der Waals surface area contributed by atoms with Gasteiger partial charge in [0.15, 0.2) is 0 Å². The van der Waals surface area contributed by atoms with Crippen LogP contribution >= 0.6 is 0 Å². The van der Waals surface area contributed by atoms with E-state index in [-0.39, 0.29) is 6.04 Å². The van der Waals surface area contributed by atoms with Crippen molar-refractivity contribution in [2.24, 2.45) is 5.92 Å². The van der Waals surface area contributed by atoms with Crippen molar-refractivity contribution in [2.45, 2.75) is 45.8 Å². The van der Waals surface area contributed by atoms with Gasteiger partial charge in [-0.15, -0.1) is 0 Å². The zero-order chi connectivity index (χ0) is 13.0. The summed E-state index contributed by atoms with van der Waals surface area (Å²) < 4.78 is 5.71. The first-order valence-electron chi connectivity index (χ1n) is 6.84. The first kappa shape index (κ1) is 13.4. The Kier molecular flexibility index (Phi) is 4.66. The Morgan fingerprint density at radius 2 is 2.22 bits per heavy atom. The molecule has 0 saturated carbocycles. The number of hydrogen-bond acceptors (Lipinski definition) is 4. The number of nitrogens with zero attached hydrogens (tertiary/aromatic N) is 2. The lowest BCUT2D eigenvalue weighted by atomic mass is 9.99. The van der Waals surface area contributed by atoms with E-state index in [1.54, 1.807) is 12.4 Å². The monoisotopic (exact) mass is 249 g/mol. The average Bonchev–Trinajstić information content (AvgIpc) is 2.84. The summed E-state index contributed by atoms with van der Waals surface area (Å²) in [5.74, 6) is 0.634. The summed E-state index contributed by atoms with van der Waals surface area (Å²) in [5.41, 5.74) is 2.05. The van der Waals surface area contributed by atoms with Gasteiger partial charge in [0.1, 0.15) is 0 Å². The fourth-order valence-electron chi connectivity index (χ4n) is 2.65. The molecule has 2 rings (SSSR count). The van der Waals surface area contributed by atoms with Crippen LogP contribution in [0.25, 0.3) is 0 Å². The maximum Gasteiger partial charge on any atom is 0.0782 e. The van der Waals surface area contributed by atoms with E-state index in [2.05, 4.69) is 29.1 Å². The van der Waals surface area contributed by atoms with Crippen molar-refractivity contribution in [3.05, 3.63) is 23.8 Å². The molecule has 1 saturated heterocycles. The summed E-state index contributed by atoms with van der Waals surface area (Å²) >= 11 is 0. The van der Waals surface area contributed by atoms with Crippen LogP contribution in [0.1, 0.15) is 44.1 Å². The zero-order valence-electron chi connectivity index (χ0n) is 11.5. The third-order valence-electron chi connectivity index (χ3n) is 3.76. The van der Waals surface area contributed by atoms with Gasteiger partial charge in [-0.25, -0.2) is 0 Å². The molecule has 4 nitrogen and oxygen atoms in total. The molecule has 0 aliphatic carbocycles. The van der Waals surface area contributed by atoms with Gasteiger partial charge in [-0.2, -0.15) is 0 Å². The molecule has 1 fully saturated rings. The normalized spacial score (nSPS) is 25.3. The predicted octanol–water partition coefficient (Wildman–Crippen LogP) is 2.25. The fourth-order valence-corrected chi connectivity index (χ4v) is 2.65. The Balaban J connectivity index is 1.88. The van der Waals surface area contributed by atoms with Crippen molar-refractivity contribution >= 4 is 0 Å². The van der Waals surface area contributed by atoms with Gasteiger partial charge in [0.25, 0.3) is 0 Å². The molecule has 100 valence electrons. The summed E-state index contributed by atoms with van der Waals surface area (Å²) in [4.78, 5) is 8.69. The van der Waals surface area contributed by atoms with Gasteiger partial charge in [-0.05, 0) is 32.6 Å². The van der Waals surface area contributed by atoms with E-state index < -0.39 is 0 Å². The molecule has 1 aliphatic heterocycles. The van der Waals surface area contributed by atoms with Crippen LogP contribution in [0.15, 0.2) is 12.4 Å². The van der Waals surface area contributed by atoms with E-state index >= 15 is 0 Å². The number of rotatable bonds is 5. The van der Waals surface area contributed by atoms with Crippen molar-refractivity contribution in [3.8, 4) is 0 Å². The molecule has 1 aromatic rings. The minimum absolute atomic E-state index is 0.247. The van der Waals surface area contributed by atoms with Crippen molar-refractivity contribution in [2.75, 3.05) is 13.2 Å². The van der Waals surface area contributed by atoms with Gasteiger partial charge in [0.05, 0.1) is 17.5 Å². The number of hydrogen-bond donors (Lipinski definition) is 1. The molecule has 2 heterocycles. The predicted molar refractivity (Wildman–Crippen MR) is 71.3 cm³/mol. The number of aryl methyl sites for hydroxylation is 1. The Morgan fingerprint density at radius 3 is 2.94 bits per heavy atom. The van der Waals surface area contributed by atoms with Gasteiger partial charge in [0, 0.05) is 31.6 Å². The first-order valence-corrected chi connectivity index (χ1v) is 6.84. The van der Waals surface area contributed by atoms with Crippen LogP contribution in [-0.2, 0) is 4.74 Å². The maximum atomic E-state index is 5.71. The number of aromatic nitrogens is 2. The topological polar surface area (TPSA) is 47.0 Å². The van der Waals surface area contributed by atoms with Crippen molar-refractivity contribution in [3.63, 3.8) is 0 Å². The second-order valence-electron chi connectivity index (χ2n) is 5.02. The van der Waals surface area contributed by atoms with E-state index in [0.29, 0.717) is 12.0 Å². The molecule has 3 atom stereocenters. The zero-order valence-corrected chi connectivity index (χ0v) is 11.5. The maximum absolute atomic E-state index is 5.71. The summed E-state index contributed by atoms with van der Waals surface area (Å²) in [6, 6.07) is 0.247. The van der Waals surface area contributed by atoms with Gasteiger partial charge >= 0.3 is 0 Å². The molecular formula is C14H23N3O. The summed E-state index contributed by atoms with van der Waals surface area (Å²) in [6.07, 6.45) is 6.19. The largest absolute Gasteiger partial charge is 0.378 e. The van der Waals surface area contributed by atoms with Gasteiger partial charge in [0.2, 0.25) is 0 Å². The van der Waals surface area contributed by atoms with Crippen LogP contribution in [0.3, 0.4) is 0 Å². The van der Waals surface area contributed by atoms with E-state index in [9.17, 15) is 0 Å². The van der Waals surface area contributed by atoms with E-state index in [4.69, 9.17) is 4.74 Å². The molecule has 1 N–H and O–H groups in total. The van der Waals surface area contributed by atoms with Crippen LogP contribution in [0.4, 0.5) is 0 Å². The van der Waals surface area contributed by atoms with Crippen LogP contribution in [0.5, 0.6) is 0 Å². The lowest BCUT2D eigenvalue weighted by Gasteiger charge is -2.21. The lowest BCUT2D eigenvalue weighted by molar-refractivity contribution is 0.0867. The van der Waals surface area contributed by atoms with Crippen molar-refractivity contribution in [1.82, 2.24) is 15.3 Å². The molecule has 4 heteroatoms. The molecule has 1 aromatic heterocycles. The van der Waals surface area contributed by atoms with Gasteiger partial charge in [-0.1, -0.05) is 6.92 Å². The molecule has 0 amide bonds. The lowest BCUT2D eigenvalue weighted by Crippen LogP contribution is -2.30. The molecule has 0 radical (unpaired) electrons. The van der Waals surface area contributed by atoms with E-state index in [1.807, 2.05) is 6.92 Å². The fraction of sp³-hybridized carbons (Fsp3) is 0.714.